The lowest BCUT2D eigenvalue weighted by Gasteiger charge is -2.39. The number of carbonyl (C=O) groups is 3. The van der Waals surface area contributed by atoms with E-state index in [2.05, 4.69) is 10.6 Å². The number of benzene rings is 2. The molecule has 37 heavy (non-hydrogen) atoms. The predicted molar refractivity (Wildman–Crippen MR) is 135 cm³/mol. The van der Waals surface area contributed by atoms with Crippen LogP contribution in [0.2, 0.25) is 0 Å². The monoisotopic (exact) mass is 532 g/mol. The lowest BCUT2D eigenvalue weighted by Crippen LogP contribution is -2.61. The summed E-state index contributed by atoms with van der Waals surface area (Å²) in [5.41, 5.74) is 0.314. The molecule has 1 aliphatic rings. The van der Waals surface area contributed by atoms with Crippen molar-refractivity contribution in [3.63, 3.8) is 0 Å². The van der Waals surface area contributed by atoms with Gasteiger partial charge in [-0.05, 0) is 57.0 Å². The predicted octanol–water partition coefficient (Wildman–Crippen LogP) is 2.37. The lowest BCUT2D eigenvalue weighted by atomic mass is 9.99. The summed E-state index contributed by atoms with van der Waals surface area (Å²) in [6, 6.07) is 13.1. The van der Waals surface area contributed by atoms with Gasteiger partial charge >= 0.3 is 12.2 Å². The van der Waals surface area contributed by atoms with Gasteiger partial charge in [-0.25, -0.2) is 23.1 Å². The zero-order chi connectivity index (χ0) is 27.2. The molecule has 0 radical (unpaired) electrons. The van der Waals surface area contributed by atoms with Crippen molar-refractivity contribution in [2.75, 3.05) is 13.1 Å². The molecule has 200 valence electrons. The van der Waals surface area contributed by atoms with Crippen LogP contribution in [0.5, 0.6) is 0 Å². The van der Waals surface area contributed by atoms with Crippen molar-refractivity contribution < 1.29 is 32.3 Å². The third-order valence-corrected chi connectivity index (χ3v) is 6.47. The van der Waals surface area contributed by atoms with Crippen LogP contribution in [0.4, 0.5) is 9.59 Å². The summed E-state index contributed by atoms with van der Waals surface area (Å²) in [5, 5.41) is 10.7. The van der Waals surface area contributed by atoms with E-state index in [1.807, 2.05) is 30.3 Å². The van der Waals surface area contributed by atoms with Gasteiger partial charge in [-0.1, -0.05) is 30.3 Å². The molecule has 0 unspecified atom stereocenters. The van der Waals surface area contributed by atoms with Gasteiger partial charge in [0.25, 0.3) is 5.91 Å². The maximum absolute atomic E-state index is 13.0. The van der Waals surface area contributed by atoms with E-state index in [4.69, 9.17) is 14.6 Å². The van der Waals surface area contributed by atoms with E-state index < -0.39 is 45.8 Å². The fourth-order valence-electron chi connectivity index (χ4n) is 3.73. The standard InChI is InChI=1S/C25H32N4O7S/c1-25(2,3)36-24(32)29-14-13-20(28-23(31)35-16-17-7-5-4-6-8-17)21(15-29)27-22(30)18-9-11-19(12-10-18)37(26,33)34/h4-12,20-21H,13-16H2,1-3H3,(H,27,30)(H,28,31)(H2,26,33,34)/t20-,21+/m1/s1. The second-order valence-corrected chi connectivity index (χ2v) is 11.2. The topological polar surface area (TPSA) is 157 Å². The van der Waals surface area contributed by atoms with E-state index in [0.717, 1.165) is 5.56 Å². The SMILES string of the molecule is CC(C)(C)OC(=O)N1CC[C@@H](NC(=O)OCc2ccccc2)[C@@H](NC(=O)c2ccc(S(N)(=O)=O)cc2)C1. The number of amides is 3. The number of hydrogen-bond donors (Lipinski definition) is 3. The molecule has 3 amide bonds. The molecule has 1 saturated heterocycles. The summed E-state index contributed by atoms with van der Waals surface area (Å²) >= 11 is 0. The largest absolute Gasteiger partial charge is 0.445 e. The molecule has 1 fully saturated rings. The molecule has 0 aromatic heterocycles. The Hall–Kier alpha value is -3.64. The average molecular weight is 533 g/mol. The van der Waals surface area contributed by atoms with Crippen molar-refractivity contribution in [3.8, 4) is 0 Å². The number of ether oxygens (including phenoxy) is 2. The number of primary sulfonamides is 1. The quantitative estimate of drug-likeness (QED) is 0.515. The Labute approximate surface area is 216 Å². The van der Waals surface area contributed by atoms with E-state index in [0.29, 0.717) is 13.0 Å². The van der Waals surface area contributed by atoms with E-state index in [1.165, 1.54) is 29.2 Å². The van der Waals surface area contributed by atoms with Crippen LogP contribution in [0.15, 0.2) is 59.5 Å². The zero-order valence-corrected chi connectivity index (χ0v) is 21.8. The van der Waals surface area contributed by atoms with Gasteiger partial charge in [0.2, 0.25) is 10.0 Å². The second-order valence-electron chi connectivity index (χ2n) is 9.68. The molecular formula is C25H32N4O7S. The normalized spacial score (nSPS) is 18.0. The Morgan fingerprint density at radius 1 is 1.00 bits per heavy atom. The van der Waals surface area contributed by atoms with Crippen molar-refractivity contribution in [3.05, 3.63) is 65.7 Å². The summed E-state index contributed by atoms with van der Waals surface area (Å²) in [7, 11) is -3.90. The van der Waals surface area contributed by atoms with Crippen LogP contribution in [0.1, 0.15) is 43.1 Å². The number of sulfonamides is 1. The molecule has 2 atom stereocenters. The molecule has 4 N–H and O–H groups in total. The third-order valence-electron chi connectivity index (χ3n) is 5.54. The molecule has 3 rings (SSSR count). The van der Waals surface area contributed by atoms with Gasteiger partial charge in [-0.15, -0.1) is 0 Å². The van der Waals surface area contributed by atoms with Gasteiger partial charge in [0.1, 0.15) is 12.2 Å². The Morgan fingerprint density at radius 2 is 1.65 bits per heavy atom. The first kappa shape index (κ1) is 27.9. The van der Waals surface area contributed by atoms with Crippen LogP contribution in [0, 0.1) is 0 Å². The fraction of sp³-hybridized carbons (Fsp3) is 0.400. The van der Waals surface area contributed by atoms with Crippen LogP contribution >= 0.6 is 0 Å². The van der Waals surface area contributed by atoms with Crippen molar-refractivity contribution in [2.45, 2.75) is 56.4 Å². The summed E-state index contributed by atoms with van der Waals surface area (Å²) < 4.78 is 33.8. The van der Waals surface area contributed by atoms with Crippen LogP contribution in [0.25, 0.3) is 0 Å². The van der Waals surface area contributed by atoms with Crippen molar-refractivity contribution in [2.24, 2.45) is 5.14 Å². The molecule has 0 spiro atoms. The lowest BCUT2D eigenvalue weighted by molar-refractivity contribution is 0.0159. The highest BCUT2D eigenvalue weighted by Gasteiger charge is 2.35. The number of alkyl carbamates (subject to hydrolysis) is 1. The highest BCUT2D eigenvalue weighted by Crippen LogP contribution is 2.18. The molecule has 0 bridgehead atoms. The molecule has 12 heteroatoms. The van der Waals surface area contributed by atoms with Gasteiger partial charge in [-0.3, -0.25) is 4.79 Å². The van der Waals surface area contributed by atoms with Gasteiger partial charge in [0, 0.05) is 18.7 Å². The maximum Gasteiger partial charge on any atom is 0.410 e. The molecule has 2 aromatic carbocycles. The number of rotatable bonds is 6. The van der Waals surface area contributed by atoms with Gasteiger partial charge in [-0.2, -0.15) is 0 Å². The highest BCUT2D eigenvalue weighted by atomic mass is 32.2. The average Bonchev–Trinajstić information content (AvgIpc) is 2.83. The van der Waals surface area contributed by atoms with E-state index in [9.17, 15) is 22.8 Å². The Balaban J connectivity index is 1.71. The van der Waals surface area contributed by atoms with Crippen molar-refractivity contribution >= 4 is 28.1 Å². The van der Waals surface area contributed by atoms with Crippen LogP contribution < -0.4 is 15.8 Å². The molecule has 1 heterocycles. The summed E-state index contributed by atoms with van der Waals surface area (Å²) in [5.74, 6) is -0.513. The van der Waals surface area contributed by atoms with Gasteiger partial charge < -0.3 is 25.0 Å². The van der Waals surface area contributed by atoms with Crippen LogP contribution in [-0.2, 0) is 26.1 Å². The summed E-state index contributed by atoms with van der Waals surface area (Å²) in [4.78, 5) is 39.4. The molecule has 1 aliphatic heterocycles. The van der Waals surface area contributed by atoms with Crippen molar-refractivity contribution in [1.29, 1.82) is 0 Å². The van der Waals surface area contributed by atoms with E-state index in [1.54, 1.807) is 20.8 Å². The number of piperidine rings is 1. The molecule has 11 nitrogen and oxygen atoms in total. The summed E-state index contributed by atoms with van der Waals surface area (Å²) in [6.45, 7) is 5.73. The molecule has 0 saturated carbocycles. The smallest absolute Gasteiger partial charge is 0.410 e. The Bertz CT molecular complexity index is 1210. The Kier molecular flexibility index (Phi) is 8.77. The van der Waals surface area contributed by atoms with Crippen LogP contribution in [0.3, 0.4) is 0 Å². The minimum Gasteiger partial charge on any atom is -0.445 e. The van der Waals surface area contributed by atoms with Crippen LogP contribution in [-0.4, -0.2) is 62.2 Å². The number of hydrogen-bond acceptors (Lipinski definition) is 7. The minimum absolute atomic E-state index is 0.0802. The number of likely N-dealkylation sites (tertiary alicyclic amines) is 1. The first-order chi connectivity index (χ1) is 17.3. The molecule has 0 aliphatic carbocycles. The number of nitrogens with one attached hydrogen (secondary N) is 2. The fourth-order valence-corrected chi connectivity index (χ4v) is 4.24. The Morgan fingerprint density at radius 3 is 2.24 bits per heavy atom. The van der Waals surface area contributed by atoms with Gasteiger partial charge in [0.05, 0.1) is 17.0 Å². The number of nitrogens with zero attached hydrogens (tertiary/aromatic N) is 1. The first-order valence-corrected chi connectivity index (χ1v) is 13.3. The number of nitrogens with two attached hydrogens (primary N) is 1. The van der Waals surface area contributed by atoms with E-state index >= 15 is 0 Å². The highest BCUT2D eigenvalue weighted by molar-refractivity contribution is 7.89. The minimum atomic E-state index is -3.90. The first-order valence-electron chi connectivity index (χ1n) is 11.7. The number of carbonyl (C=O) groups excluding carboxylic acids is 3. The molecule has 2 aromatic rings. The molecular weight excluding hydrogens is 500 g/mol. The second kappa shape index (κ2) is 11.6. The van der Waals surface area contributed by atoms with Crippen molar-refractivity contribution in [1.82, 2.24) is 15.5 Å². The van der Waals surface area contributed by atoms with Gasteiger partial charge in [0.15, 0.2) is 0 Å². The zero-order valence-electron chi connectivity index (χ0n) is 21.0. The summed E-state index contributed by atoms with van der Waals surface area (Å²) in [6.07, 6.45) is -0.847. The third kappa shape index (κ3) is 8.46. The maximum atomic E-state index is 13.0. The van der Waals surface area contributed by atoms with E-state index in [-0.39, 0.29) is 23.6 Å².